The van der Waals surface area contributed by atoms with E-state index >= 15 is 0 Å². The highest BCUT2D eigenvalue weighted by atomic mass is 16.6. The van der Waals surface area contributed by atoms with Gasteiger partial charge in [0.2, 0.25) is 5.91 Å². The molecular weight excluding hydrogens is 386 g/mol. The first-order valence-electron chi connectivity index (χ1n) is 10.1. The number of amides is 4. The zero-order valence-corrected chi connectivity index (χ0v) is 16.8. The Balaban J connectivity index is 1.40. The molecule has 0 atom stereocenters. The van der Waals surface area contributed by atoms with Gasteiger partial charge < -0.3 is 14.5 Å². The van der Waals surface area contributed by atoms with Crippen molar-refractivity contribution in [1.29, 1.82) is 0 Å². The number of benzene rings is 2. The standard InChI is InChI=1S/C22H23N3O5/c1-2-30-22(29)24-13-11-23(12-14-24)18(26)9-10-25-20(27)16-7-3-5-15-6-4-8-17(19(15)16)21(25)28/h3-8H,2,9-14H2,1H3. The molecule has 30 heavy (non-hydrogen) atoms. The van der Waals surface area contributed by atoms with Crippen molar-refractivity contribution in [2.24, 2.45) is 0 Å². The number of nitrogens with zero attached hydrogens (tertiary/aromatic N) is 3. The van der Waals surface area contributed by atoms with Crippen LogP contribution in [0, 0.1) is 0 Å². The maximum atomic E-state index is 12.9. The average Bonchev–Trinajstić information content (AvgIpc) is 2.77. The molecule has 156 valence electrons. The van der Waals surface area contributed by atoms with Gasteiger partial charge in [-0.2, -0.15) is 0 Å². The van der Waals surface area contributed by atoms with Gasteiger partial charge in [0.05, 0.1) is 6.61 Å². The Bertz CT molecular complexity index is 976. The first-order chi connectivity index (χ1) is 14.5. The summed E-state index contributed by atoms with van der Waals surface area (Å²) in [7, 11) is 0. The normalized spacial score (nSPS) is 16.2. The Hall–Kier alpha value is -3.42. The van der Waals surface area contributed by atoms with Crippen molar-refractivity contribution in [2.75, 3.05) is 39.3 Å². The summed E-state index contributed by atoms with van der Waals surface area (Å²) in [6.45, 7) is 3.71. The van der Waals surface area contributed by atoms with Crippen molar-refractivity contribution in [3.63, 3.8) is 0 Å². The van der Waals surface area contributed by atoms with Crippen LogP contribution in [-0.4, -0.2) is 77.8 Å². The van der Waals surface area contributed by atoms with E-state index in [0.29, 0.717) is 49.3 Å². The van der Waals surface area contributed by atoms with Crippen LogP contribution in [-0.2, 0) is 9.53 Å². The summed E-state index contributed by atoms with van der Waals surface area (Å²) < 4.78 is 4.98. The highest BCUT2D eigenvalue weighted by Crippen LogP contribution is 2.30. The molecule has 4 rings (SSSR count). The molecule has 0 radical (unpaired) electrons. The average molecular weight is 409 g/mol. The van der Waals surface area contributed by atoms with Crippen LogP contribution >= 0.6 is 0 Å². The number of carbonyl (C=O) groups excluding carboxylic acids is 4. The molecule has 0 aromatic heterocycles. The summed E-state index contributed by atoms with van der Waals surface area (Å²) in [5.74, 6) is -0.885. The van der Waals surface area contributed by atoms with Gasteiger partial charge in [-0.15, -0.1) is 0 Å². The number of hydrogen-bond acceptors (Lipinski definition) is 5. The summed E-state index contributed by atoms with van der Waals surface area (Å²) in [5.41, 5.74) is 0.969. The van der Waals surface area contributed by atoms with Crippen LogP contribution in [0.25, 0.3) is 10.8 Å². The molecule has 2 heterocycles. The van der Waals surface area contributed by atoms with E-state index in [1.807, 2.05) is 12.1 Å². The lowest BCUT2D eigenvalue weighted by Gasteiger charge is -2.34. The Morgan fingerprint density at radius 1 is 0.900 bits per heavy atom. The highest BCUT2D eigenvalue weighted by molar-refractivity contribution is 6.25. The van der Waals surface area contributed by atoms with E-state index in [-0.39, 0.29) is 36.8 Å². The fourth-order valence-electron chi connectivity index (χ4n) is 4.00. The van der Waals surface area contributed by atoms with Crippen molar-refractivity contribution in [3.05, 3.63) is 47.5 Å². The van der Waals surface area contributed by atoms with Crippen molar-refractivity contribution in [3.8, 4) is 0 Å². The van der Waals surface area contributed by atoms with E-state index in [1.165, 1.54) is 0 Å². The van der Waals surface area contributed by atoms with Crippen LogP contribution in [0.4, 0.5) is 4.79 Å². The van der Waals surface area contributed by atoms with Gasteiger partial charge in [0.15, 0.2) is 0 Å². The number of hydrogen-bond donors (Lipinski definition) is 0. The van der Waals surface area contributed by atoms with Gasteiger partial charge in [-0.3, -0.25) is 19.3 Å². The minimum atomic E-state index is -0.373. The quantitative estimate of drug-likeness (QED) is 0.722. The molecule has 4 amide bonds. The minimum absolute atomic E-state index is 0.0271. The molecule has 0 N–H and O–H groups in total. The molecule has 2 aliphatic heterocycles. The van der Waals surface area contributed by atoms with E-state index < -0.39 is 0 Å². The molecule has 2 aromatic carbocycles. The topological polar surface area (TPSA) is 87.2 Å². The van der Waals surface area contributed by atoms with E-state index in [9.17, 15) is 19.2 Å². The van der Waals surface area contributed by atoms with Gasteiger partial charge in [0, 0.05) is 55.7 Å². The van der Waals surface area contributed by atoms with E-state index in [4.69, 9.17) is 4.74 Å². The monoisotopic (exact) mass is 409 g/mol. The lowest BCUT2D eigenvalue weighted by Crippen LogP contribution is -2.51. The van der Waals surface area contributed by atoms with Gasteiger partial charge >= 0.3 is 6.09 Å². The van der Waals surface area contributed by atoms with E-state index in [2.05, 4.69) is 0 Å². The molecule has 0 aliphatic carbocycles. The van der Waals surface area contributed by atoms with Crippen molar-refractivity contribution in [2.45, 2.75) is 13.3 Å². The lowest BCUT2D eigenvalue weighted by atomic mass is 9.94. The maximum Gasteiger partial charge on any atom is 0.409 e. The van der Waals surface area contributed by atoms with Crippen molar-refractivity contribution in [1.82, 2.24) is 14.7 Å². The molecule has 0 bridgehead atoms. The molecule has 8 heteroatoms. The number of ether oxygens (including phenoxy) is 1. The fraction of sp³-hybridized carbons (Fsp3) is 0.364. The fourth-order valence-corrected chi connectivity index (χ4v) is 4.00. The largest absolute Gasteiger partial charge is 0.450 e. The summed E-state index contributed by atoms with van der Waals surface area (Å²) in [4.78, 5) is 54.6. The number of rotatable bonds is 4. The number of imide groups is 1. The number of piperazine rings is 1. The highest BCUT2D eigenvalue weighted by Gasteiger charge is 2.33. The third kappa shape index (κ3) is 3.49. The van der Waals surface area contributed by atoms with Crippen LogP contribution in [0.1, 0.15) is 34.1 Å². The van der Waals surface area contributed by atoms with E-state index in [0.717, 1.165) is 10.3 Å². The predicted molar refractivity (Wildman–Crippen MR) is 109 cm³/mol. The van der Waals surface area contributed by atoms with Crippen LogP contribution in [0.5, 0.6) is 0 Å². The van der Waals surface area contributed by atoms with Gasteiger partial charge in [-0.1, -0.05) is 24.3 Å². The van der Waals surface area contributed by atoms with Gasteiger partial charge in [0.25, 0.3) is 11.8 Å². The predicted octanol–water partition coefficient (Wildman–Crippen LogP) is 2.13. The molecular formula is C22H23N3O5. The van der Waals surface area contributed by atoms with Gasteiger partial charge in [0.1, 0.15) is 0 Å². The molecule has 0 spiro atoms. The second-order valence-corrected chi connectivity index (χ2v) is 7.29. The smallest absolute Gasteiger partial charge is 0.409 e. The van der Waals surface area contributed by atoms with E-state index in [1.54, 1.807) is 41.0 Å². The second kappa shape index (κ2) is 8.14. The molecule has 8 nitrogen and oxygen atoms in total. The third-order valence-corrected chi connectivity index (χ3v) is 5.56. The van der Waals surface area contributed by atoms with Crippen molar-refractivity contribution < 1.29 is 23.9 Å². The van der Waals surface area contributed by atoms with Crippen molar-refractivity contribution >= 4 is 34.6 Å². The lowest BCUT2D eigenvalue weighted by molar-refractivity contribution is -0.132. The molecule has 1 fully saturated rings. The molecule has 2 aliphatic rings. The minimum Gasteiger partial charge on any atom is -0.450 e. The Morgan fingerprint density at radius 3 is 2.03 bits per heavy atom. The SMILES string of the molecule is CCOC(=O)N1CCN(C(=O)CCN2C(=O)c3cccc4cccc(c34)C2=O)CC1. The number of carbonyl (C=O) groups is 4. The summed E-state index contributed by atoms with van der Waals surface area (Å²) >= 11 is 0. The Labute approximate surface area is 174 Å². The summed E-state index contributed by atoms with van der Waals surface area (Å²) in [6.07, 6.45) is -0.323. The zero-order chi connectivity index (χ0) is 21.3. The molecule has 1 saturated heterocycles. The Kier molecular flexibility index (Phi) is 5.39. The molecule has 0 unspecified atom stereocenters. The molecule has 2 aromatic rings. The van der Waals surface area contributed by atoms with Crippen LogP contribution in [0.2, 0.25) is 0 Å². The maximum absolute atomic E-state index is 12.9. The third-order valence-electron chi connectivity index (χ3n) is 5.56. The molecule has 0 saturated carbocycles. The zero-order valence-electron chi connectivity index (χ0n) is 16.8. The van der Waals surface area contributed by atoms with Crippen LogP contribution < -0.4 is 0 Å². The van der Waals surface area contributed by atoms with Gasteiger partial charge in [-0.25, -0.2) is 4.79 Å². The Morgan fingerprint density at radius 2 is 1.47 bits per heavy atom. The second-order valence-electron chi connectivity index (χ2n) is 7.29. The summed E-state index contributed by atoms with van der Waals surface area (Å²) in [5, 5.41) is 1.52. The van der Waals surface area contributed by atoms with Gasteiger partial charge in [-0.05, 0) is 24.4 Å². The first kappa shape index (κ1) is 19.9. The summed E-state index contributed by atoms with van der Waals surface area (Å²) in [6, 6.07) is 10.8. The van der Waals surface area contributed by atoms with Crippen LogP contribution in [0.15, 0.2) is 36.4 Å². The first-order valence-corrected chi connectivity index (χ1v) is 10.1. The van der Waals surface area contributed by atoms with Crippen LogP contribution in [0.3, 0.4) is 0 Å².